The molecule has 0 unspecified atom stereocenters. The van der Waals surface area contributed by atoms with Crippen molar-refractivity contribution in [2.24, 2.45) is 7.05 Å². The average Bonchev–Trinajstić information content (AvgIpc) is 2.92. The van der Waals surface area contributed by atoms with Gasteiger partial charge in [0.05, 0.1) is 12.9 Å². The molecule has 0 spiro atoms. The number of nitrogens with zero attached hydrogens (tertiary/aromatic N) is 4. The maximum Gasteiger partial charge on any atom is 0.182 e. The summed E-state index contributed by atoms with van der Waals surface area (Å²) >= 11 is 0. The van der Waals surface area contributed by atoms with Gasteiger partial charge in [-0.1, -0.05) is 31.6 Å². The van der Waals surface area contributed by atoms with E-state index < -0.39 is 0 Å². The van der Waals surface area contributed by atoms with Crippen LogP contribution in [0, 0.1) is 0 Å². The summed E-state index contributed by atoms with van der Waals surface area (Å²) in [7, 11) is 1.90. The third-order valence-electron chi connectivity index (χ3n) is 2.48. The highest BCUT2D eigenvalue weighted by Crippen LogP contribution is 2.16. The summed E-state index contributed by atoms with van der Waals surface area (Å²) < 4.78 is 1.88. The van der Waals surface area contributed by atoms with Crippen molar-refractivity contribution in [1.29, 1.82) is 0 Å². The van der Waals surface area contributed by atoms with E-state index in [-0.39, 0.29) is 6.61 Å². The molecule has 0 fully saturated rings. The van der Waals surface area contributed by atoms with Crippen molar-refractivity contribution in [3.8, 4) is 0 Å². The van der Waals surface area contributed by atoms with E-state index in [1.165, 1.54) is 6.33 Å². The summed E-state index contributed by atoms with van der Waals surface area (Å²) in [6, 6.07) is 0. The number of hydrogen-bond donors (Lipinski definition) is 2. The molecule has 6 heteroatoms. The molecule has 0 aliphatic heterocycles. The number of aryl methyl sites for hydroxylation is 1. The number of imidazole rings is 1. The molecule has 6 nitrogen and oxygen atoms in total. The summed E-state index contributed by atoms with van der Waals surface area (Å²) in [5.41, 5.74) is 2.48. The van der Waals surface area contributed by atoms with Crippen LogP contribution in [-0.4, -0.2) is 37.8 Å². The minimum Gasteiger partial charge on any atom is -0.392 e. The van der Waals surface area contributed by atoms with Crippen molar-refractivity contribution < 1.29 is 5.11 Å². The topological polar surface area (TPSA) is 75.9 Å². The first-order chi connectivity index (χ1) is 10.6. The van der Waals surface area contributed by atoms with Crippen LogP contribution < -0.4 is 5.32 Å². The lowest BCUT2D eigenvalue weighted by molar-refractivity contribution is 0.331. The Kier molecular flexibility index (Phi) is 10.3. The first kappa shape index (κ1) is 19.8. The number of allylic oxidation sites excluding steroid dienone is 1. The Bertz CT molecular complexity index is 589. The Balaban J connectivity index is 0.000000789. The van der Waals surface area contributed by atoms with E-state index in [1.54, 1.807) is 12.4 Å². The molecule has 0 saturated heterocycles. The molecule has 0 bridgehead atoms. The molecular weight excluding hydrogens is 278 g/mol. The van der Waals surface area contributed by atoms with Gasteiger partial charge in [-0.05, 0) is 13.8 Å². The van der Waals surface area contributed by atoms with Crippen LogP contribution in [0.25, 0.3) is 11.2 Å². The van der Waals surface area contributed by atoms with Gasteiger partial charge in [-0.15, -0.1) is 6.58 Å². The zero-order valence-electron chi connectivity index (χ0n) is 14.2. The van der Waals surface area contributed by atoms with Crippen LogP contribution in [0.15, 0.2) is 37.0 Å². The van der Waals surface area contributed by atoms with E-state index in [9.17, 15) is 0 Å². The van der Waals surface area contributed by atoms with E-state index in [2.05, 4.69) is 26.8 Å². The molecule has 0 aliphatic carbocycles. The number of aliphatic hydroxyl groups is 1. The predicted molar refractivity (Wildman–Crippen MR) is 92.9 cm³/mol. The average molecular weight is 305 g/mol. The molecule has 0 radical (unpaired) electrons. The van der Waals surface area contributed by atoms with Crippen LogP contribution in [0.4, 0.5) is 5.82 Å². The molecule has 0 amide bonds. The third-order valence-corrected chi connectivity index (χ3v) is 2.48. The number of aromatic nitrogens is 4. The van der Waals surface area contributed by atoms with E-state index in [0.29, 0.717) is 12.2 Å². The summed E-state index contributed by atoms with van der Waals surface area (Å²) in [6.45, 7) is 11.8. The fraction of sp³-hybridized carbons (Fsp3) is 0.438. The normalized spacial score (nSPS) is 10.2. The maximum atomic E-state index is 8.88. The minimum atomic E-state index is 0.0760. The van der Waals surface area contributed by atoms with Gasteiger partial charge in [0.1, 0.15) is 11.8 Å². The molecule has 122 valence electrons. The van der Waals surface area contributed by atoms with Gasteiger partial charge in [0.15, 0.2) is 11.5 Å². The molecule has 0 saturated carbocycles. The highest BCUT2D eigenvalue weighted by atomic mass is 16.3. The Morgan fingerprint density at radius 3 is 2.59 bits per heavy atom. The first-order valence-corrected chi connectivity index (χ1v) is 7.33. The van der Waals surface area contributed by atoms with E-state index >= 15 is 0 Å². The van der Waals surface area contributed by atoms with Gasteiger partial charge in [0.2, 0.25) is 0 Å². The molecule has 2 aromatic rings. The van der Waals surface area contributed by atoms with Crippen molar-refractivity contribution in [2.75, 3.05) is 18.5 Å². The summed E-state index contributed by atoms with van der Waals surface area (Å²) in [5.74, 6) is 0.747. The Labute approximate surface area is 132 Å². The van der Waals surface area contributed by atoms with Crippen molar-refractivity contribution in [3.63, 3.8) is 0 Å². The number of fused-ring (bicyclic) bond motifs is 1. The van der Waals surface area contributed by atoms with Crippen LogP contribution in [0.3, 0.4) is 0 Å². The number of aliphatic hydroxyl groups excluding tert-OH is 1. The fourth-order valence-corrected chi connectivity index (χ4v) is 1.50. The molecule has 2 aromatic heterocycles. The van der Waals surface area contributed by atoms with E-state index in [0.717, 1.165) is 16.9 Å². The van der Waals surface area contributed by atoms with Gasteiger partial charge >= 0.3 is 0 Å². The Morgan fingerprint density at radius 1 is 1.36 bits per heavy atom. The van der Waals surface area contributed by atoms with Crippen molar-refractivity contribution >= 4 is 17.0 Å². The van der Waals surface area contributed by atoms with E-state index in [1.807, 2.05) is 45.4 Å². The summed E-state index contributed by atoms with van der Waals surface area (Å²) in [4.78, 5) is 12.4. The number of anilines is 1. The van der Waals surface area contributed by atoms with Crippen molar-refractivity contribution in [2.45, 2.75) is 27.7 Å². The lowest BCUT2D eigenvalue weighted by atomic mass is 10.3. The summed E-state index contributed by atoms with van der Waals surface area (Å²) in [5, 5.41) is 12.1. The Hall–Kier alpha value is -2.21. The highest BCUT2D eigenvalue weighted by molar-refractivity contribution is 5.82. The molecule has 2 N–H and O–H groups in total. The second-order valence-electron chi connectivity index (χ2n) is 4.25. The quantitative estimate of drug-likeness (QED) is 0.849. The highest BCUT2D eigenvalue weighted by Gasteiger charge is 2.06. The smallest absolute Gasteiger partial charge is 0.182 e. The standard InChI is InChI=1S/C11H15N5O.C3H6.C2H6/c1-8(5-17)3-4-12-10-9-11(14-6-13-10)15-7-16(9)2;1-3-2;1-2/h3,6-7,17H,4-5H2,1-2H3,(H,12,13,14);3H,1H2,2H3;1-2H3/b8-3+;;. The minimum absolute atomic E-state index is 0.0760. The largest absolute Gasteiger partial charge is 0.392 e. The lowest BCUT2D eigenvalue weighted by Crippen LogP contribution is -2.04. The first-order valence-electron chi connectivity index (χ1n) is 7.33. The van der Waals surface area contributed by atoms with Crippen LogP contribution in [0.5, 0.6) is 0 Å². The van der Waals surface area contributed by atoms with Gasteiger partial charge in [0, 0.05) is 13.6 Å². The predicted octanol–water partition coefficient (Wildman–Crippen LogP) is 2.93. The van der Waals surface area contributed by atoms with Crippen LogP contribution in [-0.2, 0) is 7.05 Å². The zero-order valence-corrected chi connectivity index (χ0v) is 14.2. The van der Waals surface area contributed by atoms with Crippen molar-refractivity contribution in [3.05, 3.63) is 37.0 Å². The monoisotopic (exact) mass is 305 g/mol. The van der Waals surface area contributed by atoms with Gasteiger partial charge in [0.25, 0.3) is 0 Å². The SMILES string of the molecule is C/C(=C\CNc1ncnc2ncn(C)c12)CO.C=CC.CC. The molecular formula is C16H27N5O. The van der Waals surface area contributed by atoms with Gasteiger partial charge in [-0.2, -0.15) is 0 Å². The second-order valence-corrected chi connectivity index (χ2v) is 4.25. The van der Waals surface area contributed by atoms with Gasteiger partial charge in [-0.25, -0.2) is 15.0 Å². The van der Waals surface area contributed by atoms with Crippen molar-refractivity contribution in [1.82, 2.24) is 19.5 Å². The number of nitrogens with one attached hydrogen (secondary N) is 1. The maximum absolute atomic E-state index is 8.88. The van der Waals surface area contributed by atoms with Crippen LogP contribution in [0.1, 0.15) is 27.7 Å². The molecule has 22 heavy (non-hydrogen) atoms. The van der Waals surface area contributed by atoms with E-state index in [4.69, 9.17) is 5.11 Å². The second kappa shape index (κ2) is 11.4. The molecule has 2 heterocycles. The molecule has 0 aromatic carbocycles. The zero-order chi connectivity index (χ0) is 17.0. The molecule has 0 aliphatic rings. The molecule has 2 rings (SSSR count). The lowest BCUT2D eigenvalue weighted by Gasteiger charge is -2.05. The number of hydrogen-bond acceptors (Lipinski definition) is 5. The Morgan fingerprint density at radius 2 is 2.00 bits per heavy atom. The number of rotatable bonds is 4. The third kappa shape index (κ3) is 6.05. The van der Waals surface area contributed by atoms with Gasteiger partial charge < -0.3 is 15.0 Å². The molecule has 0 atom stereocenters. The summed E-state index contributed by atoms with van der Waals surface area (Å²) in [6.07, 6.45) is 6.87. The van der Waals surface area contributed by atoms with Gasteiger partial charge in [-0.3, -0.25) is 0 Å². The van der Waals surface area contributed by atoms with Crippen LogP contribution >= 0.6 is 0 Å². The fourth-order valence-electron chi connectivity index (χ4n) is 1.50. The van der Waals surface area contributed by atoms with Crippen LogP contribution in [0.2, 0.25) is 0 Å².